The quantitative estimate of drug-likeness (QED) is 0.623. The molecule has 1 aromatic carbocycles. The second-order valence-electron chi connectivity index (χ2n) is 8.47. The zero-order valence-corrected chi connectivity index (χ0v) is 15.3. The van der Waals surface area contributed by atoms with Gasteiger partial charge in [0.1, 0.15) is 12.0 Å². The van der Waals surface area contributed by atoms with Gasteiger partial charge in [-0.1, -0.05) is 32.9 Å². The van der Waals surface area contributed by atoms with Crippen LogP contribution in [0.2, 0.25) is 0 Å². The predicted octanol–water partition coefficient (Wildman–Crippen LogP) is 2.97. The second kappa shape index (κ2) is 5.68. The number of carbonyl (C=O) groups excluding carboxylic acids is 3. The summed E-state index contributed by atoms with van der Waals surface area (Å²) in [5, 5.41) is 0. The van der Waals surface area contributed by atoms with Crippen LogP contribution in [0.3, 0.4) is 0 Å². The molecular weight excluding hydrogens is 318 g/mol. The van der Waals surface area contributed by atoms with Crippen LogP contribution in [0, 0.1) is 16.2 Å². The molecule has 1 heterocycles. The number of amides is 2. The van der Waals surface area contributed by atoms with Crippen molar-refractivity contribution in [2.45, 2.75) is 46.6 Å². The fraction of sp³-hybridized carbons (Fsp3) is 0.550. The fourth-order valence-corrected chi connectivity index (χ4v) is 5.02. The van der Waals surface area contributed by atoms with Gasteiger partial charge in [0.25, 0.3) is 0 Å². The molecule has 2 bridgehead atoms. The number of piperidine rings is 1. The lowest BCUT2D eigenvalue weighted by Crippen LogP contribution is -2.63. The predicted molar refractivity (Wildman–Crippen MR) is 92.8 cm³/mol. The molecule has 2 atom stereocenters. The number of fused-ring (bicyclic) bond motifs is 2. The topological polar surface area (TPSA) is 63.7 Å². The molecule has 0 N–H and O–H groups in total. The summed E-state index contributed by atoms with van der Waals surface area (Å²) in [5.41, 5.74) is -1.10. The summed E-state index contributed by atoms with van der Waals surface area (Å²) in [4.78, 5) is 39.2. The Kier molecular flexibility index (Phi) is 4.01. The molecule has 1 aliphatic heterocycles. The van der Waals surface area contributed by atoms with E-state index in [9.17, 15) is 14.4 Å². The summed E-state index contributed by atoms with van der Waals surface area (Å²) in [7, 11) is 1.60. The number of carbonyl (C=O) groups is 3. The van der Waals surface area contributed by atoms with Gasteiger partial charge < -0.3 is 9.53 Å². The third-order valence-electron chi connectivity index (χ3n) is 5.68. The number of ether oxygens (including phenoxy) is 1. The molecule has 1 saturated carbocycles. The van der Waals surface area contributed by atoms with E-state index in [4.69, 9.17) is 4.74 Å². The molecule has 5 nitrogen and oxygen atoms in total. The number of benzene rings is 1. The van der Waals surface area contributed by atoms with Gasteiger partial charge in [0.2, 0.25) is 11.8 Å². The van der Waals surface area contributed by atoms with Crippen LogP contribution >= 0.6 is 0 Å². The summed E-state index contributed by atoms with van der Waals surface area (Å²) in [6.45, 7) is 5.89. The Morgan fingerprint density at radius 2 is 1.52 bits per heavy atom. The molecule has 1 saturated heterocycles. The molecule has 1 aromatic rings. The van der Waals surface area contributed by atoms with Crippen LogP contribution in [0.4, 0.5) is 0 Å². The number of aldehydes is 1. The first-order valence-electron chi connectivity index (χ1n) is 8.60. The van der Waals surface area contributed by atoms with Crippen molar-refractivity contribution in [3.63, 3.8) is 0 Å². The number of methoxy groups -OCH3 is 1. The smallest absolute Gasteiger partial charge is 0.235 e. The van der Waals surface area contributed by atoms with Crippen LogP contribution in [0.5, 0.6) is 5.75 Å². The van der Waals surface area contributed by atoms with Crippen LogP contribution in [0.15, 0.2) is 24.3 Å². The van der Waals surface area contributed by atoms with E-state index in [1.807, 2.05) is 45.0 Å². The highest BCUT2D eigenvalue weighted by Crippen LogP contribution is 2.57. The lowest BCUT2D eigenvalue weighted by Gasteiger charge is -2.55. The molecule has 25 heavy (non-hydrogen) atoms. The number of imide groups is 1. The second-order valence-corrected chi connectivity index (χ2v) is 8.47. The zero-order valence-electron chi connectivity index (χ0n) is 15.3. The SMILES string of the molecule is COc1ccc(CN2C(=O)C3(C)CC(C)(C=O)CC(C)(C3)C2=O)cc1. The standard InChI is InChI=1S/C20H25NO4/c1-18(13-22)10-19(2)12-20(3,11-18)17(24)21(16(19)23)9-14-5-7-15(25-4)8-6-14/h5-8,13H,9-12H2,1-4H3. The van der Waals surface area contributed by atoms with E-state index < -0.39 is 16.2 Å². The Morgan fingerprint density at radius 1 is 1.00 bits per heavy atom. The molecule has 0 aromatic heterocycles. The largest absolute Gasteiger partial charge is 0.497 e. The fourth-order valence-electron chi connectivity index (χ4n) is 5.02. The highest BCUT2D eigenvalue weighted by Gasteiger charge is 2.61. The average Bonchev–Trinajstić information content (AvgIpc) is 2.57. The van der Waals surface area contributed by atoms with Gasteiger partial charge in [-0.05, 0) is 37.0 Å². The number of nitrogens with zero attached hydrogens (tertiary/aromatic N) is 1. The minimum absolute atomic E-state index is 0.168. The van der Waals surface area contributed by atoms with Crippen LogP contribution in [0.25, 0.3) is 0 Å². The maximum absolute atomic E-state index is 13.1. The van der Waals surface area contributed by atoms with E-state index >= 15 is 0 Å². The minimum atomic E-state index is -0.678. The van der Waals surface area contributed by atoms with E-state index in [0.717, 1.165) is 17.6 Å². The van der Waals surface area contributed by atoms with Crippen molar-refractivity contribution < 1.29 is 19.1 Å². The number of hydrogen-bond donors (Lipinski definition) is 0. The maximum atomic E-state index is 13.1. The van der Waals surface area contributed by atoms with E-state index in [2.05, 4.69) is 0 Å². The minimum Gasteiger partial charge on any atom is -0.497 e. The van der Waals surface area contributed by atoms with Gasteiger partial charge in [0.15, 0.2) is 0 Å². The molecule has 2 amide bonds. The molecule has 2 fully saturated rings. The lowest BCUT2D eigenvalue weighted by molar-refractivity contribution is -0.179. The molecule has 2 unspecified atom stereocenters. The van der Waals surface area contributed by atoms with Crippen molar-refractivity contribution in [2.75, 3.05) is 7.11 Å². The first kappa shape index (κ1) is 17.6. The van der Waals surface area contributed by atoms with Crippen molar-refractivity contribution in [3.05, 3.63) is 29.8 Å². The Labute approximate surface area is 148 Å². The van der Waals surface area contributed by atoms with Gasteiger partial charge in [-0.3, -0.25) is 14.5 Å². The van der Waals surface area contributed by atoms with Crippen LogP contribution < -0.4 is 4.74 Å². The summed E-state index contributed by atoms with van der Waals surface area (Å²) in [5.74, 6) is 0.398. The van der Waals surface area contributed by atoms with Crippen molar-refractivity contribution in [2.24, 2.45) is 16.2 Å². The monoisotopic (exact) mass is 343 g/mol. The highest BCUT2D eigenvalue weighted by atomic mass is 16.5. The maximum Gasteiger partial charge on any atom is 0.235 e. The molecule has 0 radical (unpaired) electrons. The van der Waals surface area contributed by atoms with E-state index in [-0.39, 0.29) is 18.4 Å². The first-order chi connectivity index (χ1) is 11.6. The zero-order chi connectivity index (χ0) is 18.5. The third kappa shape index (κ3) is 2.86. The van der Waals surface area contributed by atoms with Gasteiger partial charge in [-0.25, -0.2) is 0 Å². The van der Waals surface area contributed by atoms with Crippen LogP contribution in [0.1, 0.15) is 45.6 Å². The highest BCUT2D eigenvalue weighted by molar-refractivity contribution is 6.04. The molecular formula is C20H25NO4. The number of likely N-dealkylation sites (tertiary alicyclic amines) is 1. The molecule has 1 aliphatic carbocycles. The van der Waals surface area contributed by atoms with Gasteiger partial charge in [-0.2, -0.15) is 0 Å². The van der Waals surface area contributed by atoms with Crippen molar-refractivity contribution >= 4 is 18.1 Å². The van der Waals surface area contributed by atoms with E-state index in [1.54, 1.807) is 7.11 Å². The number of hydrogen-bond acceptors (Lipinski definition) is 4. The third-order valence-corrected chi connectivity index (χ3v) is 5.68. The average molecular weight is 343 g/mol. The van der Waals surface area contributed by atoms with Gasteiger partial charge in [-0.15, -0.1) is 0 Å². The summed E-state index contributed by atoms with van der Waals surface area (Å²) < 4.78 is 5.15. The Morgan fingerprint density at radius 3 is 1.96 bits per heavy atom. The molecule has 134 valence electrons. The Balaban J connectivity index is 1.93. The van der Waals surface area contributed by atoms with Crippen LogP contribution in [-0.4, -0.2) is 30.1 Å². The van der Waals surface area contributed by atoms with E-state index in [1.165, 1.54) is 4.90 Å². The van der Waals surface area contributed by atoms with Crippen molar-refractivity contribution in [3.8, 4) is 5.75 Å². The lowest BCUT2D eigenvalue weighted by atomic mass is 9.52. The first-order valence-corrected chi connectivity index (χ1v) is 8.60. The van der Waals surface area contributed by atoms with Gasteiger partial charge in [0.05, 0.1) is 13.7 Å². The summed E-state index contributed by atoms with van der Waals surface area (Å²) >= 11 is 0. The Hall–Kier alpha value is -2.17. The molecule has 0 spiro atoms. The van der Waals surface area contributed by atoms with Crippen molar-refractivity contribution in [1.82, 2.24) is 4.90 Å². The van der Waals surface area contributed by atoms with Crippen molar-refractivity contribution in [1.29, 1.82) is 0 Å². The molecule has 5 heteroatoms. The molecule has 2 aliphatic rings. The van der Waals surface area contributed by atoms with E-state index in [0.29, 0.717) is 19.3 Å². The number of rotatable bonds is 4. The van der Waals surface area contributed by atoms with Gasteiger partial charge in [0, 0.05) is 16.2 Å². The van der Waals surface area contributed by atoms with Gasteiger partial charge >= 0.3 is 0 Å². The summed E-state index contributed by atoms with van der Waals surface area (Å²) in [6.07, 6.45) is 2.41. The summed E-state index contributed by atoms with van der Waals surface area (Å²) in [6, 6.07) is 7.37. The Bertz CT molecular complexity index is 688. The van der Waals surface area contributed by atoms with Crippen LogP contribution in [-0.2, 0) is 20.9 Å². The normalized spacial score (nSPS) is 34.8. The molecule has 3 rings (SSSR count).